The average molecular weight is 395 g/mol. The molecule has 0 saturated carbocycles. The van der Waals surface area contributed by atoms with Crippen molar-refractivity contribution >= 4 is 23.4 Å². The van der Waals surface area contributed by atoms with Crippen molar-refractivity contribution in [2.45, 2.75) is 74.9 Å². The number of amides is 1. The molecule has 27 heavy (non-hydrogen) atoms. The van der Waals surface area contributed by atoms with E-state index in [9.17, 15) is 4.79 Å². The predicted molar refractivity (Wildman–Crippen MR) is 99.4 cm³/mol. The molecule has 4 rings (SSSR count). The molecule has 0 spiro atoms. The van der Waals surface area contributed by atoms with E-state index in [2.05, 4.69) is 5.32 Å². The van der Waals surface area contributed by atoms with Gasteiger partial charge in [0.2, 0.25) is 0 Å². The number of thioether (sulfide) groups is 1. The molecule has 3 fully saturated rings. The summed E-state index contributed by atoms with van der Waals surface area (Å²) in [7, 11) is 0. The Labute approximate surface area is 163 Å². The maximum Gasteiger partial charge on any atom is 0.256 e. The lowest BCUT2D eigenvalue weighted by atomic mass is 9.98. The highest BCUT2D eigenvalue weighted by Gasteiger charge is 2.62. The molecular weight excluding hydrogens is 370 g/mol. The SMILES string of the molecule is CSc1ccccc1NC(=O)[C@@H]1O[C@H]2OC(C)(C)O[C@@H]2[C@H]2OC(C)(C)O[C@H]21. The van der Waals surface area contributed by atoms with Gasteiger partial charge in [0.25, 0.3) is 5.91 Å². The van der Waals surface area contributed by atoms with Crippen LogP contribution in [0.5, 0.6) is 0 Å². The van der Waals surface area contributed by atoms with Crippen LogP contribution in [-0.4, -0.2) is 54.4 Å². The molecule has 5 atom stereocenters. The highest BCUT2D eigenvalue weighted by atomic mass is 32.2. The van der Waals surface area contributed by atoms with Crippen molar-refractivity contribution in [3.63, 3.8) is 0 Å². The largest absolute Gasteiger partial charge is 0.342 e. The molecule has 3 aliphatic rings. The number of fused-ring (bicyclic) bond motifs is 3. The van der Waals surface area contributed by atoms with E-state index in [4.69, 9.17) is 23.7 Å². The fourth-order valence-electron chi connectivity index (χ4n) is 3.78. The van der Waals surface area contributed by atoms with E-state index in [0.29, 0.717) is 0 Å². The quantitative estimate of drug-likeness (QED) is 0.789. The minimum absolute atomic E-state index is 0.292. The number of ether oxygens (including phenoxy) is 5. The Morgan fingerprint density at radius 2 is 1.59 bits per heavy atom. The van der Waals surface area contributed by atoms with Crippen LogP contribution >= 0.6 is 11.8 Å². The van der Waals surface area contributed by atoms with Gasteiger partial charge in [-0.05, 0) is 46.1 Å². The first-order valence-corrected chi connectivity index (χ1v) is 10.2. The zero-order chi connectivity index (χ0) is 19.4. The van der Waals surface area contributed by atoms with Gasteiger partial charge in [-0.2, -0.15) is 0 Å². The standard InChI is InChI=1S/C19H25NO6S/c1-18(2)23-12-13(24-18)15-17(26-19(3,4)25-15)22-14(12)16(21)20-10-8-6-7-9-11(10)27-5/h6-9,12-15,17H,1-5H3,(H,20,21)/t12-,13+,14-,15-,17+/m1/s1. The molecule has 148 valence electrons. The number of nitrogens with one attached hydrogen (secondary N) is 1. The van der Waals surface area contributed by atoms with E-state index >= 15 is 0 Å². The van der Waals surface area contributed by atoms with Crippen LogP contribution in [0.2, 0.25) is 0 Å². The first-order valence-electron chi connectivity index (χ1n) is 9.00. The number of rotatable bonds is 3. The van der Waals surface area contributed by atoms with Gasteiger partial charge in [0.05, 0.1) is 5.69 Å². The molecule has 0 aliphatic carbocycles. The normalized spacial score (nSPS) is 36.1. The summed E-state index contributed by atoms with van der Waals surface area (Å²) in [5.74, 6) is -1.94. The van der Waals surface area contributed by atoms with E-state index in [1.54, 1.807) is 11.8 Å². The summed E-state index contributed by atoms with van der Waals surface area (Å²) in [4.78, 5) is 14.0. The van der Waals surface area contributed by atoms with Gasteiger partial charge in [-0.15, -0.1) is 11.8 Å². The van der Waals surface area contributed by atoms with Crippen LogP contribution in [0, 0.1) is 0 Å². The number of benzene rings is 1. The number of carbonyl (C=O) groups excluding carboxylic acids is 1. The van der Waals surface area contributed by atoms with Crippen LogP contribution in [0.1, 0.15) is 27.7 Å². The van der Waals surface area contributed by atoms with Gasteiger partial charge < -0.3 is 29.0 Å². The minimum Gasteiger partial charge on any atom is -0.342 e. The Kier molecular flexibility index (Phi) is 4.77. The van der Waals surface area contributed by atoms with E-state index in [1.807, 2.05) is 58.2 Å². The van der Waals surface area contributed by atoms with Gasteiger partial charge in [0.1, 0.15) is 18.3 Å². The van der Waals surface area contributed by atoms with E-state index < -0.39 is 42.3 Å². The minimum atomic E-state index is -0.870. The molecule has 3 aliphatic heterocycles. The Morgan fingerprint density at radius 1 is 0.963 bits per heavy atom. The Hall–Kier alpha value is -1.16. The van der Waals surface area contributed by atoms with Crippen LogP contribution in [-0.2, 0) is 28.5 Å². The Morgan fingerprint density at radius 3 is 2.33 bits per heavy atom. The van der Waals surface area contributed by atoms with Crippen LogP contribution in [0.15, 0.2) is 29.2 Å². The van der Waals surface area contributed by atoms with Crippen molar-refractivity contribution < 1.29 is 28.5 Å². The lowest BCUT2D eigenvalue weighted by molar-refractivity contribution is -0.229. The summed E-state index contributed by atoms with van der Waals surface area (Å²) in [5.41, 5.74) is 0.736. The summed E-state index contributed by atoms with van der Waals surface area (Å²) >= 11 is 1.56. The van der Waals surface area contributed by atoms with Crippen molar-refractivity contribution in [3.8, 4) is 0 Å². The maximum atomic E-state index is 13.1. The Balaban J connectivity index is 1.59. The molecular formula is C19H25NO6S. The molecule has 3 saturated heterocycles. The molecule has 3 heterocycles. The van der Waals surface area contributed by atoms with E-state index in [0.717, 1.165) is 10.6 Å². The molecule has 1 aromatic carbocycles. The smallest absolute Gasteiger partial charge is 0.256 e. The third-order valence-corrected chi connectivity index (χ3v) is 5.57. The molecule has 0 unspecified atom stereocenters. The van der Waals surface area contributed by atoms with Gasteiger partial charge in [-0.25, -0.2) is 0 Å². The van der Waals surface area contributed by atoms with Crippen molar-refractivity contribution in [1.29, 1.82) is 0 Å². The summed E-state index contributed by atoms with van der Waals surface area (Å²) in [6.07, 6.45) is -1.08. The number of hydrogen-bond acceptors (Lipinski definition) is 7. The second kappa shape index (κ2) is 6.72. The zero-order valence-electron chi connectivity index (χ0n) is 16.1. The summed E-state index contributed by atoms with van der Waals surface area (Å²) in [6, 6.07) is 7.63. The van der Waals surface area contributed by atoms with Gasteiger partial charge in [-0.3, -0.25) is 4.79 Å². The van der Waals surface area contributed by atoms with Gasteiger partial charge in [0.15, 0.2) is 24.0 Å². The fourth-order valence-corrected chi connectivity index (χ4v) is 4.33. The maximum absolute atomic E-state index is 13.1. The molecule has 0 radical (unpaired) electrons. The molecule has 7 nitrogen and oxygen atoms in total. The molecule has 0 bridgehead atoms. The second-order valence-electron chi connectivity index (χ2n) is 7.78. The van der Waals surface area contributed by atoms with Crippen molar-refractivity contribution in [1.82, 2.24) is 0 Å². The van der Waals surface area contributed by atoms with Gasteiger partial charge in [-0.1, -0.05) is 12.1 Å². The fraction of sp³-hybridized carbons (Fsp3) is 0.632. The highest BCUT2D eigenvalue weighted by molar-refractivity contribution is 7.98. The predicted octanol–water partition coefficient (Wildman–Crippen LogP) is 2.74. The molecule has 1 amide bonds. The van der Waals surface area contributed by atoms with E-state index in [1.165, 1.54) is 0 Å². The number of para-hydroxylation sites is 1. The monoisotopic (exact) mass is 395 g/mol. The third kappa shape index (κ3) is 3.62. The summed E-state index contributed by atoms with van der Waals surface area (Å²) in [6.45, 7) is 7.27. The molecule has 1 N–H and O–H groups in total. The number of carbonyl (C=O) groups is 1. The van der Waals surface area contributed by atoms with Crippen LogP contribution < -0.4 is 5.32 Å². The zero-order valence-corrected chi connectivity index (χ0v) is 16.9. The van der Waals surface area contributed by atoms with Crippen molar-refractivity contribution in [3.05, 3.63) is 24.3 Å². The van der Waals surface area contributed by atoms with Gasteiger partial charge >= 0.3 is 0 Å². The highest BCUT2D eigenvalue weighted by Crippen LogP contribution is 2.44. The number of hydrogen-bond donors (Lipinski definition) is 1. The van der Waals surface area contributed by atoms with Crippen LogP contribution in [0.25, 0.3) is 0 Å². The van der Waals surface area contributed by atoms with E-state index in [-0.39, 0.29) is 5.91 Å². The van der Waals surface area contributed by atoms with Crippen molar-refractivity contribution in [2.75, 3.05) is 11.6 Å². The second-order valence-corrected chi connectivity index (χ2v) is 8.63. The summed E-state index contributed by atoms with van der Waals surface area (Å²) in [5, 5.41) is 2.96. The molecule has 0 aromatic heterocycles. The average Bonchev–Trinajstić information content (AvgIpc) is 3.08. The first-order chi connectivity index (χ1) is 12.7. The first kappa shape index (κ1) is 19.2. The van der Waals surface area contributed by atoms with Gasteiger partial charge in [0, 0.05) is 4.90 Å². The third-order valence-electron chi connectivity index (χ3n) is 4.78. The lowest BCUT2D eigenvalue weighted by Crippen LogP contribution is -2.58. The van der Waals surface area contributed by atoms with Crippen molar-refractivity contribution in [2.24, 2.45) is 0 Å². The van der Waals surface area contributed by atoms with Crippen LogP contribution in [0.3, 0.4) is 0 Å². The lowest BCUT2D eigenvalue weighted by Gasteiger charge is -2.36. The Bertz CT molecular complexity index is 739. The van der Waals surface area contributed by atoms with Crippen LogP contribution in [0.4, 0.5) is 5.69 Å². The number of anilines is 1. The topological polar surface area (TPSA) is 75.3 Å². The molecule has 8 heteroatoms. The summed E-state index contributed by atoms with van der Waals surface area (Å²) < 4.78 is 29.8. The molecule has 1 aromatic rings.